The molecule has 3 heterocycles. The van der Waals surface area contributed by atoms with Gasteiger partial charge in [0.15, 0.2) is 0 Å². The zero-order valence-corrected chi connectivity index (χ0v) is 20.8. The third-order valence-electron chi connectivity index (χ3n) is 6.53. The molecular weight excluding hydrogens is 462 g/mol. The van der Waals surface area contributed by atoms with Crippen LogP contribution < -0.4 is 10.2 Å². The molecule has 33 heavy (non-hydrogen) atoms. The number of sulfonamides is 1. The number of nitrogens with zero attached hydrogens (tertiary/aromatic N) is 4. The molecule has 2 aromatic rings. The molecule has 180 valence electrons. The van der Waals surface area contributed by atoms with Crippen LogP contribution in [0.2, 0.25) is 5.02 Å². The van der Waals surface area contributed by atoms with E-state index in [-0.39, 0.29) is 16.5 Å². The van der Waals surface area contributed by atoms with Gasteiger partial charge in [0.1, 0.15) is 10.6 Å². The van der Waals surface area contributed by atoms with Crippen molar-refractivity contribution < 1.29 is 13.2 Å². The van der Waals surface area contributed by atoms with Gasteiger partial charge in [0.05, 0.1) is 11.4 Å². The lowest BCUT2D eigenvalue weighted by molar-refractivity contribution is 0.101. The van der Waals surface area contributed by atoms with E-state index < -0.39 is 10.0 Å². The first kappa shape index (κ1) is 24.1. The van der Waals surface area contributed by atoms with Crippen LogP contribution in [0.1, 0.15) is 36.7 Å². The number of hydrogen-bond acceptors (Lipinski definition) is 5. The molecule has 2 aliphatic heterocycles. The highest BCUT2D eigenvalue weighted by atomic mass is 35.5. The Morgan fingerprint density at radius 3 is 2.39 bits per heavy atom. The predicted octanol–water partition coefficient (Wildman–Crippen LogP) is 3.25. The fourth-order valence-corrected chi connectivity index (χ4v) is 6.29. The van der Waals surface area contributed by atoms with E-state index in [4.69, 9.17) is 11.6 Å². The summed E-state index contributed by atoms with van der Waals surface area (Å²) in [7, 11) is -1.92. The van der Waals surface area contributed by atoms with E-state index in [0.29, 0.717) is 23.8 Å². The van der Waals surface area contributed by atoms with Gasteiger partial charge >= 0.3 is 0 Å². The summed E-state index contributed by atoms with van der Waals surface area (Å²) in [6, 6.07) is 6.96. The van der Waals surface area contributed by atoms with E-state index >= 15 is 0 Å². The fourth-order valence-electron chi connectivity index (χ4n) is 4.53. The number of carbonyl (C=O) groups excluding carboxylic acids is 1. The largest absolute Gasteiger partial charge is 0.367 e. The quantitative estimate of drug-likeness (QED) is 0.668. The lowest BCUT2D eigenvalue weighted by atomic mass is 10.2. The molecule has 10 heteroatoms. The van der Waals surface area contributed by atoms with Crippen molar-refractivity contribution in [1.82, 2.24) is 13.8 Å². The van der Waals surface area contributed by atoms with Crippen LogP contribution in [0.3, 0.4) is 0 Å². The Kier molecular flexibility index (Phi) is 7.33. The van der Waals surface area contributed by atoms with Gasteiger partial charge in [-0.15, -0.1) is 0 Å². The molecule has 0 saturated carbocycles. The highest BCUT2D eigenvalue weighted by molar-refractivity contribution is 7.89. The summed E-state index contributed by atoms with van der Waals surface area (Å²) >= 11 is 6.24. The monoisotopic (exact) mass is 493 g/mol. The lowest BCUT2D eigenvalue weighted by Crippen LogP contribution is -2.46. The molecule has 0 spiro atoms. The van der Waals surface area contributed by atoms with E-state index in [1.165, 1.54) is 16.6 Å². The van der Waals surface area contributed by atoms with Gasteiger partial charge in [0.25, 0.3) is 5.91 Å². The van der Waals surface area contributed by atoms with Crippen molar-refractivity contribution in [2.75, 3.05) is 56.0 Å². The van der Waals surface area contributed by atoms with Crippen LogP contribution >= 0.6 is 11.6 Å². The Morgan fingerprint density at radius 1 is 1.03 bits per heavy atom. The maximum Gasteiger partial charge on any atom is 0.272 e. The van der Waals surface area contributed by atoms with Gasteiger partial charge in [-0.05, 0) is 43.7 Å². The number of rotatable bonds is 6. The molecule has 0 radical (unpaired) electrons. The van der Waals surface area contributed by atoms with Crippen molar-refractivity contribution in [3.8, 4) is 0 Å². The highest BCUT2D eigenvalue weighted by Gasteiger charge is 2.29. The number of benzene rings is 1. The summed E-state index contributed by atoms with van der Waals surface area (Å²) in [5, 5.41) is 3.50. The van der Waals surface area contributed by atoms with E-state index in [2.05, 4.69) is 22.0 Å². The lowest BCUT2D eigenvalue weighted by Gasteiger charge is -2.36. The Balaban J connectivity index is 1.55. The number of halogens is 1. The molecule has 0 atom stereocenters. The van der Waals surface area contributed by atoms with Gasteiger partial charge in [-0.25, -0.2) is 8.42 Å². The number of amides is 1. The minimum Gasteiger partial charge on any atom is -0.367 e. The Morgan fingerprint density at radius 2 is 1.73 bits per heavy atom. The first-order valence-electron chi connectivity index (χ1n) is 11.5. The van der Waals surface area contributed by atoms with Gasteiger partial charge in [-0.2, -0.15) is 4.31 Å². The SMILES string of the molecule is CCN1CCN(c2ccc(Cl)cc2NC(=O)c2cc(S(=O)(=O)N3CCCCC3)cn2C)CC1. The number of carbonyl (C=O) groups is 1. The maximum absolute atomic E-state index is 13.2. The van der Waals surface area contributed by atoms with Gasteiger partial charge in [0.2, 0.25) is 10.0 Å². The van der Waals surface area contributed by atoms with E-state index in [9.17, 15) is 13.2 Å². The molecule has 0 unspecified atom stereocenters. The number of piperazine rings is 1. The zero-order valence-electron chi connectivity index (χ0n) is 19.3. The summed E-state index contributed by atoms with van der Waals surface area (Å²) < 4.78 is 29.2. The molecule has 1 N–H and O–H groups in total. The van der Waals surface area contributed by atoms with E-state index in [1.54, 1.807) is 17.7 Å². The second-order valence-electron chi connectivity index (χ2n) is 8.67. The summed E-state index contributed by atoms with van der Waals surface area (Å²) in [5.41, 5.74) is 1.82. The summed E-state index contributed by atoms with van der Waals surface area (Å²) in [4.78, 5) is 18.0. The standard InChI is InChI=1S/C23H32ClN5O3S/c1-3-27-11-13-28(14-12-27)21-8-7-18(24)15-20(21)25-23(30)22-16-19(17-26(22)2)33(31,32)29-9-5-4-6-10-29/h7-8,15-17H,3-6,9-14H2,1-2H3,(H,25,30). The van der Waals surface area contributed by atoms with Crippen molar-refractivity contribution in [3.63, 3.8) is 0 Å². The average Bonchev–Trinajstić information content (AvgIpc) is 3.22. The fraction of sp³-hybridized carbons (Fsp3) is 0.522. The number of aromatic nitrogens is 1. The summed E-state index contributed by atoms with van der Waals surface area (Å²) in [5.74, 6) is -0.367. The summed E-state index contributed by atoms with van der Waals surface area (Å²) in [6.07, 6.45) is 4.29. The smallest absolute Gasteiger partial charge is 0.272 e. The number of aryl methyl sites for hydroxylation is 1. The van der Waals surface area contributed by atoms with Crippen LogP contribution in [0.25, 0.3) is 0 Å². The first-order chi connectivity index (χ1) is 15.8. The molecule has 0 bridgehead atoms. The molecule has 8 nitrogen and oxygen atoms in total. The van der Waals surface area contributed by atoms with Crippen molar-refractivity contribution >= 4 is 38.9 Å². The molecule has 2 saturated heterocycles. The van der Waals surface area contributed by atoms with Gasteiger partial charge in [0, 0.05) is 57.5 Å². The maximum atomic E-state index is 13.2. The molecule has 2 aliphatic rings. The molecule has 1 aromatic heterocycles. The Hall–Kier alpha value is -2.07. The van der Waals surface area contributed by atoms with Crippen molar-refractivity contribution in [3.05, 3.63) is 41.2 Å². The van der Waals surface area contributed by atoms with Crippen LogP contribution in [0.15, 0.2) is 35.4 Å². The normalized spacial score (nSPS) is 18.5. The van der Waals surface area contributed by atoms with E-state index in [1.807, 2.05) is 12.1 Å². The number of anilines is 2. The molecular formula is C23H32ClN5O3S. The molecule has 4 rings (SSSR count). The Bertz CT molecular complexity index is 1100. The zero-order chi connectivity index (χ0) is 23.6. The van der Waals surface area contributed by atoms with Crippen molar-refractivity contribution in [2.24, 2.45) is 7.05 Å². The average molecular weight is 494 g/mol. The van der Waals surface area contributed by atoms with Crippen LogP contribution in [-0.4, -0.2) is 73.9 Å². The second-order valence-corrected chi connectivity index (χ2v) is 11.0. The molecule has 1 amide bonds. The van der Waals surface area contributed by atoms with Crippen LogP contribution in [0.4, 0.5) is 11.4 Å². The molecule has 2 fully saturated rings. The van der Waals surface area contributed by atoms with Crippen molar-refractivity contribution in [1.29, 1.82) is 0 Å². The molecule has 1 aromatic carbocycles. The highest BCUT2D eigenvalue weighted by Crippen LogP contribution is 2.31. The first-order valence-corrected chi connectivity index (χ1v) is 13.4. The summed E-state index contributed by atoms with van der Waals surface area (Å²) in [6.45, 7) is 7.87. The predicted molar refractivity (Wildman–Crippen MR) is 132 cm³/mol. The number of likely N-dealkylation sites (N-methyl/N-ethyl adjacent to an activating group) is 1. The van der Waals surface area contributed by atoms with Crippen LogP contribution in [0, 0.1) is 0 Å². The molecule has 0 aliphatic carbocycles. The van der Waals surface area contributed by atoms with Gasteiger partial charge in [-0.3, -0.25) is 4.79 Å². The second kappa shape index (κ2) is 10.0. The Labute approximate surface area is 201 Å². The van der Waals surface area contributed by atoms with Crippen LogP contribution in [-0.2, 0) is 17.1 Å². The third kappa shape index (κ3) is 5.21. The van der Waals surface area contributed by atoms with Crippen molar-refractivity contribution in [2.45, 2.75) is 31.1 Å². The van der Waals surface area contributed by atoms with Crippen LogP contribution in [0.5, 0.6) is 0 Å². The number of piperidine rings is 1. The minimum absolute atomic E-state index is 0.152. The number of nitrogens with one attached hydrogen (secondary N) is 1. The van der Waals surface area contributed by atoms with Gasteiger partial charge in [-0.1, -0.05) is 24.9 Å². The van der Waals surface area contributed by atoms with E-state index in [0.717, 1.165) is 57.7 Å². The topological polar surface area (TPSA) is 77.9 Å². The number of hydrogen-bond donors (Lipinski definition) is 1. The van der Waals surface area contributed by atoms with Gasteiger partial charge < -0.3 is 19.7 Å². The third-order valence-corrected chi connectivity index (χ3v) is 8.63. The minimum atomic E-state index is -3.61.